The van der Waals surface area contributed by atoms with Gasteiger partial charge in [0, 0.05) is 22.4 Å². The molecule has 0 radical (unpaired) electrons. The maximum atomic E-state index is 12.0. The number of nitrogens with one attached hydrogen (secondary N) is 1. The zero-order chi connectivity index (χ0) is 12.5. The molecule has 1 aliphatic carbocycles. The molecule has 1 saturated carbocycles. The SMILES string of the molecule is Cc1ccc(S)cc1C(=O)NCC1(CO)CC1. The highest BCUT2D eigenvalue weighted by atomic mass is 32.1. The third-order valence-electron chi connectivity index (χ3n) is 3.38. The summed E-state index contributed by atoms with van der Waals surface area (Å²) in [6, 6.07) is 5.52. The molecule has 0 unspecified atom stereocenters. The quantitative estimate of drug-likeness (QED) is 0.715. The smallest absolute Gasteiger partial charge is 0.251 e. The molecule has 1 aromatic carbocycles. The van der Waals surface area contributed by atoms with Crippen LogP contribution in [0.15, 0.2) is 23.1 Å². The van der Waals surface area contributed by atoms with Gasteiger partial charge in [0.25, 0.3) is 5.91 Å². The Labute approximate surface area is 107 Å². The summed E-state index contributed by atoms with van der Waals surface area (Å²) in [6.45, 7) is 2.61. The van der Waals surface area contributed by atoms with Gasteiger partial charge in [0.2, 0.25) is 0 Å². The molecule has 0 saturated heterocycles. The van der Waals surface area contributed by atoms with E-state index < -0.39 is 0 Å². The predicted molar refractivity (Wildman–Crippen MR) is 69.5 cm³/mol. The van der Waals surface area contributed by atoms with Gasteiger partial charge in [-0.2, -0.15) is 0 Å². The molecule has 2 rings (SSSR count). The van der Waals surface area contributed by atoms with E-state index in [4.69, 9.17) is 0 Å². The van der Waals surface area contributed by atoms with Gasteiger partial charge in [-0.15, -0.1) is 12.6 Å². The largest absolute Gasteiger partial charge is 0.396 e. The van der Waals surface area contributed by atoms with Gasteiger partial charge < -0.3 is 10.4 Å². The van der Waals surface area contributed by atoms with E-state index in [0.29, 0.717) is 12.1 Å². The average molecular weight is 251 g/mol. The molecule has 17 heavy (non-hydrogen) atoms. The second-order valence-electron chi connectivity index (χ2n) is 4.84. The Bertz CT molecular complexity index is 441. The summed E-state index contributed by atoms with van der Waals surface area (Å²) in [4.78, 5) is 12.8. The van der Waals surface area contributed by atoms with E-state index in [0.717, 1.165) is 23.3 Å². The van der Waals surface area contributed by atoms with Crippen LogP contribution in [0.5, 0.6) is 0 Å². The van der Waals surface area contributed by atoms with Crippen molar-refractivity contribution >= 4 is 18.5 Å². The predicted octanol–water partition coefficient (Wildman–Crippen LogP) is 1.79. The van der Waals surface area contributed by atoms with Crippen molar-refractivity contribution in [1.82, 2.24) is 5.32 Å². The summed E-state index contributed by atoms with van der Waals surface area (Å²) in [5.74, 6) is -0.0851. The van der Waals surface area contributed by atoms with Gasteiger partial charge in [-0.05, 0) is 37.5 Å². The number of aliphatic hydroxyl groups excluding tert-OH is 1. The Morgan fingerprint density at radius 1 is 1.53 bits per heavy atom. The Kier molecular flexibility index (Phi) is 3.45. The first-order valence-corrected chi connectivity index (χ1v) is 6.20. The van der Waals surface area contributed by atoms with Crippen molar-refractivity contribution in [3.63, 3.8) is 0 Å². The minimum atomic E-state index is -0.0851. The molecule has 92 valence electrons. The zero-order valence-electron chi connectivity index (χ0n) is 9.86. The van der Waals surface area contributed by atoms with Crippen LogP contribution in [-0.4, -0.2) is 24.2 Å². The molecule has 0 aromatic heterocycles. The van der Waals surface area contributed by atoms with E-state index in [2.05, 4.69) is 17.9 Å². The number of hydrogen-bond acceptors (Lipinski definition) is 3. The lowest BCUT2D eigenvalue weighted by atomic mass is 10.1. The molecule has 1 aromatic rings. The van der Waals surface area contributed by atoms with Crippen LogP contribution in [0.3, 0.4) is 0 Å². The van der Waals surface area contributed by atoms with Crippen LogP contribution in [0.25, 0.3) is 0 Å². The number of aliphatic hydroxyl groups is 1. The van der Waals surface area contributed by atoms with Gasteiger partial charge in [0.1, 0.15) is 0 Å². The summed E-state index contributed by atoms with van der Waals surface area (Å²) in [5.41, 5.74) is 1.54. The maximum absolute atomic E-state index is 12.0. The molecule has 1 amide bonds. The highest BCUT2D eigenvalue weighted by molar-refractivity contribution is 7.80. The van der Waals surface area contributed by atoms with E-state index in [1.54, 1.807) is 6.07 Å². The lowest BCUT2D eigenvalue weighted by Gasteiger charge is -2.13. The van der Waals surface area contributed by atoms with E-state index in [9.17, 15) is 9.90 Å². The van der Waals surface area contributed by atoms with Gasteiger partial charge in [-0.25, -0.2) is 0 Å². The molecule has 0 aliphatic heterocycles. The number of thiol groups is 1. The van der Waals surface area contributed by atoms with E-state index in [1.807, 2.05) is 19.1 Å². The lowest BCUT2D eigenvalue weighted by molar-refractivity contribution is 0.0934. The number of carbonyl (C=O) groups excluding carboxylic acids is 1. The highest BCUT2D eigenvalue weighted by Crippen LogP contribution is 2.44. The number of carbonyl (C=O) groups is 1. The van der Waals surface area contributed by atoms with Crippen LogP contribution < -0.4 is 5.32 Å². The van der Waals surface area contributed by atoms with Crippen molar-refractivity contribution in [1.29, 1.82) is 0 Å². The van der Waals surface area contributed by atoms with Gasteiger partial charge in [0.05, 0.1) is 6.61 Å². The minimum Gasteiger partial charge on any atom is -0.396 e. The van der Waals surface area contributed by atoms with E-state index in [-0.39, 0.29) is 17.9 Å². The van der Waals surface area contributed by atoms with Crippen LogP contribution in [0.4, 0.5) is 0 Å². The Hall–Kier alpha value is -1.00. The lowest BCUT2D eigenvalue weighted by Crippen LogP contribution is -2.32. The van der Waals surface area contributed by atoms with Gasteiger partial charge in [-0.1, -0.05) is 6.07 Å². The van der Waals surface area contributed by atoms with Crippen LogP contribution in [-0.2, 0) is 0 Å². The number of benzene rings is 1. The van der Waals surface area contributed by atoms with E-state index in [1.165, 1.54) is 0 Å². The monoisotopic (exact) mass is 251 g/mol. The molecule has 0 bridgehead atoms. The van der Waals surface area contributed by atoms with Crippen LogP contribution in [0.2, 0.25) is 0 Å². The van der Waals surface area contributed by atoms with Crippen molar-refractivity contribution in [3.8, 4) is 0 Å². The molecule has 3 nitrogen and oxygen atoms in total. The number of hydrogen-bond donors (Lipinski definition) is 3. The molecule has 1 fully saturated rings. The second-order valence-corrected chi connectivity index (χ2v) is 5.36. The maximum Gasteiger partial charge on any atom is 0.251 e. The highest BCUT2D eigenvalue weighted by Gasteiger charge is 2.42. The zero-order valence-corrected chi connectivity index (χ0v) is 10.8. The van der Waals surface area contributed by atoms with Crippen molar-refractivity contribution in [3.05, 3.63) is 29.3 Å². The van der Waals surface area contributed by atoms with Gasteiger partial charge in [-0.3, -0.25) is 4.79 Å². The average Bonchev–Trinajstić information content (AvgIpc) is 3.10. The van der Waals surface area contributed by atoms with Crippen molar-refractivity contribution in [2.75, 3.05) is 13.2 Å². The van der Waals surface area contributed by atoms with Crippen molar-refractivity contribution < 1.29 is 9.90 Å². The molecule has 0 spiro atoms. The fraction of sp³-hybridized carbons (Fsp3) is 0.462. The topological polar surface area (TPSA) is 49.3 Å². The summed E-state index contributed by atoms with van der Waals surface area (Å²) < 4.78 is 0. The van der Waals surface area contributed by atoms with Crippen LogP contribution in [0, 0.1) is 12.3 Å². The van der Waals surface area contributed by atoms with E-state index >= 15 is 0 Å². The van der Waals surface area contributed by atoms with Gasteiger partial charge in [0.15, 0.2) is 0 Å². The number of rotatable bonds is 4. The Morgan fingerprint density at radius 2 is 2.24 bits per heavy atom. The molecule has 4 heteroatoms. The molecule has 0 atom stereocenters. The van der Waals surface area contributed by atoms with Crippen LogP contribution >= 0.6 is 12.6 Å². The molecular weight excluding hydrogens is 234 g/mol. The first kappa shape index (κ1) is 12.5. The molecule has 1 aliphatic rings. The summed E-state index contributed by atoms with van der Waals surface area (Å²) >= 11 is 4.23. The summed E-state index contributed by atoms with van der Waals surface area (Å²) in [6.07, 6.45) is 1.99. The standard InChI is InChI=1S/C13H17NO2S/c1-9-2-3-10(17)6-11(9)12(16)14-7-13(8-15)4-5-13/h2-3,6,15,17H,4-5,7-8H2,1H3,(H,14,16). The summed E-state index contributed by atoms with van der Waals surface area (Å²) in [7, 11) is 0. The van der Waals surface area contributed by atoms with Crippen molar-refractivity contribution in [2.45, 2.75) is 24.7 Å². The molecule has 2 N–H and O–H groups in total. The van der Waals surface area contributed by atoms with Crippen molar-refractivity contribution in [2.24, 2.45) is 5.41 Å². The first-order valence-electron chi connectivity index (χ1n) is 5.75. The Balaban J connectivity index is 2.02. The Morgan fingerprint density at radius 3 is 2.82 bits per heavy atom. The third-order valence-corrected chi connectivity index (χ3v) is 3.66. The summed E-state index contributed by atoms with van der Waals surface area (Å²) in [5, 5.41) is 12.1. The normalized spacial score (nSPS) is 16.6. The fourth-order valence-electron chi connectivity index (χ4n) is 1.79. The van der Waals surface area contributed by atoms with Crippen LogP contribution in [0.1, 0.15) is 28.8 Å². The van der Waals surface area contributed by atoms with Gasteiger partial charge >= 0.3 is 0 Å². The molecular formula is C13H17NO2S. The number of amides is 1. The minimum absolute atomic E-state index is 0.0534. The number of aryl methyl sites for hydroxylation is 1. The fourth-order valence-corrected chi connectivity index (χ4v) is 1.99. The second kappa shape index (κ2) is 4.70. The first-order chi connectivity index (χ1) is 8.06. The third kappa shape index (κ3) is 2.82. The molecule has 0 heterocycles.